The Balaban J connectivity index is 2.03. The fourth-order valence-corrected chi connectivity index (χ4v) is 2.11. The first-order valence-electron chi connectivity index (χ1n) is 6.88. The highest BCUT2D eigenvalue weighted by molar-refractivity contribution is 6.31. The molecule has 5 nitrogen and oxygen atoms in total. The maximum absolute atomic E-state index is 13.5. The molecule has 2 N–H and O–H groups in total. The Morgan fingerprint density at radius 3 is 2.28 bits per heavy atom. The van der Waals surface area contributed by atoms with Crippen LogP contribution in [0.1, 0.15) is 6.42 Å². The molecule has 0 radical (unpaired) electrons. The van der Waals surface area contributed by atoms with Crippen molar-refractivity contribution in [2.75, 3.05) is 17.7 Å². The molecule has 0 saturated heterocycles. The first-order valence-corrected chi connectivity index (χ1v) is 7.26. The lowest BCUT2D eigenvalue weighted by Gasteiger charge is -2.11. The van der Waals surface area contributed by atoms with Crippen molar-refractivity contribution in [2.24, 2.45) is 0 Å². The standard InChI is InChI=1S/C16H12ClF3N2O3/c1-25-12-5-2-8(17)6-11(12)22-14(24)7-13(23)21-10-4-3-9(18)15(19)16(10)20/h2-6H,7H2,1H3,(H,21,23)(H,22,24). The first kappa shape index (κ1) is 18.6. The SMILES string of the molecule is COc1ccc(Cl)cc1NC(=O)CC(=O)Nc1ccc(F)c(F)c1F. The molecule has 0 aliphatic heterocycles. The van der Waals surface area contributed by atoms with Gasteiger partial charge >= 0.3 is 0 Å². The van der Waals surface area contributed by atoms with Gasteiger partial charge < -0.3 is 15.4 Å². The number of amides is 2. The minimum atomic E-state index is -1.72. The van der Waals surface area contributed by atoms with E-state index in [-0.39, 0.29) is 5.69 Å². The molecule has 0 saturated carbocycles. The summed E-state index contributed by atoms with van der Waals surface area (Å²) in [4.78, 5) is 23.7. The summed E-state index contributed by atoms with van der Waals surface area (Å²) < 4.78 is 44.5. The van der Waals surface area contributed by atoms with E-state index in [1.54, 1.807) is 6.07 Å². The molecular weight excluding hydrogens is 361 g/mol. The largest absolute Gasteiger partial charge is 0.495 e. The summed E-state index contributed by atoms with van der Waals surface area (Å²) in [6.07, 6.45) is -0.686. The molecule has 0 unspecified atom stereocenters. The molecule has 2 rings (SSSR count). The van der Waals surface area contributed by atoms with Gasteiger partial charge in [0, 0.05) is 5.02 Å². The van der Waals surface area contributed by atoms with E-state index in [0.29, 0.717) is 16.8 Å². The van der Waals surface area contributed by atoms with Crippen LogP contribution in [0.2, 0.25) is 5.02 Å². The number of hydrogen-bond donors (Lipinski definition) is 2. The van der Waals surface area contributed by atoms with Crippen LogP contribution in [-0.2, 0) is 9.59 Å². The number of carbonyl (C=O) groups excluding carboxylic acids is 2. The van der Waals surface area contributed by atoms with Crippen LogP contribution in [0.3, 0.4) is 0 Å². The highest BCUT2D eigenvalue weighted by Gasteiger charge is 2.17. The van der Waals surface area contributed by atoms with Gasteiger partial charge in [-0.1, -0.05) is 11.6 Å². The molecule has 2 aromatic rings. The summed E-state index contributed by atoms with van der Waals surface area (Å²) in [6.45, 7) is 0. The second-order valence-corrected chi connectivity index (χ2v) is 5.28. The number of nitrogens with one attached hydrogen (secondary N) is 2. The fourth-order valence-electron chi connectivity index (χ4n) is 1.93. The molecule has 2 amide bonds. The molecule has 2 aromatic carbocycles. The Kier molecular flexibility index (Phi) is 5.87. The third-order valence-corrected chi connectivity index (χ3v) is 3.30. The lowest BCUT2D eigenvalue weighted by Crippen LogP contribution is -2.22. The molecular formula is C16H12ClF3N2O3. The zero-order valence-electron chi connectivity index (χ0n) is 12.8. The molecule has 0 aliphatic carbocycles. The van der Waals surface area contributed by atoms with Crippen LogP contribution in [0.25, 0.3) is 0 Å². The van der Waals surface area contributed by atoms with Gasteiger partial charge in [-0.3, -0.25) is 9.59 Å². The van der Waals surface area contributed by atoms with Gasteiger partial charge in [-0.25, -0.2) is 13.2 Å². The van der Waals surface area contributed by atoms with Crippen molar-refractivity contribution in [1.29, 1.82) is 0 Å². The number of benzene rings is 2. The number of halogens is 4. The summed E-state index contributed by atoms with van der Waals surface area (Å²) in [5.41, 5.74) is -0.330. The van der Waals surface area contributed by atoms with Crippen molar-refractivity contribution in [2.45, 2.75) is 6.42 Å². The summed E-state index contributed by atoms with van der Waals surface area (Å²) in [5.74, 6) is -5.98. The molecule has 0 aliphatic rings. The summed E-state index contributed by atoms with van der Waals surface area (Å²) in [6, 6.07) is 6.00. The monoisotopic (exact) mass is 372 g/mol. The topological polar surface area (TPSA) is 67.4 Å². The Bertz CT molecular complexity index is 831. The van der Waals surface area contributed by atoms with E-state index in [4.69, 9.17) is 16.3 Å². The average molecular weight is 373 g/mol. The number of anilines is 2. The van der Waals surface area contributed by atoms with Crippen molar-refractivity contribution in [3.8, 4) is 5.75 Å². The van der Waals surface area contributed by atoms with Gasteiger partial charge in [0.1, 0.15) is 12.2 Å². The van der Waals surface area contributed by atoms with Gasteiger partial charge in [0.05, 0.1) is 18.5 Å². The van der Waals surface area contributed by atoms with E-state index < -0.39 is 41.4 Å². The van der Waals surface area contributed by atoms with Crippen LogP contribution < -0.4 is 15.4 Å². The van der Waals surface area contributed by atoms with Crippen LogP contribution in [0.4, 0.5) is 24.5 Å². The molecule has 0 fully saturated rings. The third kappa shape index (κ3) is 4.63. The van der Waals surface area contributed by atoms with Crippen LogP contribution in [-0.4, -0.2) is 18.9 Å². The lowest BCUT2D eigenvalue weighted by atomic mass is 10.2. The minimum Gasteiger partial charge on any atom is -0.495 e. The molecule has 132 valence electrons. The Morgan fingerprint density at radius 2 is 1.64 bits per heavy atom. The van der Waals surface area contributed by atoms with E-state index in [1.165, 1.54) is 19.2 Å². The maximum atomic E-state index is 13.5. The number of ether oxygens (including phenoxy) is 1. The van der Waals surface area contributed by atoms with Crippen LogP contribution in [0, 0.1) is 17.5 Å². The van der Waals surface area contributed by atoms with Gasteiger partial charge in [-0.15, -0.1) is 0 Å². The average Bonchev–Trinajstić information content (AvgIpc) is 2.55. The second-order valence-electron chi connectivity index (χ2n) is 4.84. The Morgan fingerprint density at radius 1 is 1.00 bits per heavy atom. The molecule has 0 aromatic heterocycles. The number of rotatable bonds is 5. The quantitative estimate of drug-likeness (QED) is 0.620. The molecule has 0 spiro atoms. The zero-order chi connectivity index (χ0) is 18.6. The third-order valence-electron chi connectivity index (χ3n) is 3.07. The van der Waals surface area contributed by atoms with Crippen molar-refractivity contribution in [3.63, 3.8) is 0 Å². The van der Waals surface area contributed by atoms with E-state index in [2.05, 4.69) is 5.32 Å². The molecule has 0 heterocycles. The Labute approximate surface area is 145 Å². The number of methoxy groups -OCH3 is 1. The predicted octanol–water partition coefficient (Wildman–Crippen LogP) is 3.73. The fraction of sp³-hybridized carbons (Fsp3) is 0.125. The highest BCUT2D eigenvalue weighted by Crippen LogP contribution is 2.27. The first-order chi connectivity index (χ1) is 11.8. The van der Waals surface area contributed by atoms with Crippen molar-refractivity contribution in [3.05, 3.63) is 52.8 Å². The van der Waals surface area contributed by atoms with E-state index in [1.807, 2.05) is 5.32 Å². The van der Waals surface area contributed by atoms with Crippen molar-refractivity contribution >= 4 is 34.8 Å². The number of carbonyl (C=O) groups is 2. The molecule has 9 heteroatoms. The van der Waals surface area contributed by atoms with Crippen LogP contribution in [0.5, 0.6) is 5.75 Å². The predicted molar refractivity (Wildman–Crippen MR) is 86.2 cm³/mol. The molecule has 0 atom stereocenters. The van der Waals surface area contributed by atoms with Gasteiger partial charge in [0.15, 0.2) is 17.5 Å². The van der Waals surface area contributed by atoms with E-state index in [0.717, 1.165) is 6.07 Å². The lowest BCUT2D eigenvalue weighted by molar-refractivity contribution is -0.123. The number of hydrogen-bond acceptors (Lipinski definition) is 3. The smallest absolute Gasteiger partial charge is 0.233 e. The van der Waals surface area contributed by atoms with Gasteiger partial charge in [0.25, 0.3) is 0 Å². The second kappa shape index (κ2) is 7.89. The van der Waals surface area contributed by atoms with Gasteiger partial charge in [-0.2, -0.15) is 0 Å². The van der Waals surface area contributed by atoms with Crippen molar-refractivity contribution in [1.82, 2.24) is 0 Å². The minimum absolute atomic E-state index is 0.242. The molecule has 0 bridgehead atoms. The summed E-state index contributed by atoms with van der Waals surface area (Å²) >= 11 is 5.82. The normalized spacial score (nSPS) is 10.3. The maximum Gasteiger partial charge on any atom is 0.233 e. The summed E-state index contributed by atoms with van der Waals surface area (Å²) in [5, 5.41) is 4.75. The van der Waals surface area contributed by atoms with Gasteiger partial charge in [0.2, 0.25) is 11.8 Å². The Hall–Kier alpha value is -2.74. The van der Waals surface area contributed by atoms with Crippen LogP contribution >= 0.6 is 11.6 Å². The zero-order valence-corrected chi connectivity index (χ0v) is 13.6. The van der Waals surface area contributed by atoms with E-state index >= 15 is 0 Å². The summed E-state index contributed by atoms with van der Waals surface area (Å²) in [7, 11) is 1.39. The van der Waals surface area contributed by atoms with Crippen molar-refractivity contribution < 1.29 is 27.5 Å². The van der Waals surface area contributed by atoms with Crippen LogP contribution in [0.15, 0.2) is 30.3 Å². The highest BCUT2D eigenvalue weighted by atomic mass is 35.5. The van der Waals surface area contributed by atoms with E-state index in [9.17, 15) is 22.8 Å². The molecule has 25 heavy (non-hydrogen) atoms. The van der Waals surface area contributed by atoms with Gasteiger partial charge in [-0.05, 0) is 30.3 Å².